The van der Waals surface area contributed by atoms with Gasteiger partial charge in [-0.3, -0.25) is 9.69 Å². The summed E-state index contributed by atoms with van der Waals surface area (Å²) in [6.07, 6.45) is 0.465. The monoisotopic (exact) mass is 258 g/mol. The van der Waals surface area contributed by atoms with E-state index in [2.05, 4.69) is 10.2 Å². The Morgan fingerprint density at radius 2 is 2.06 bits per heavy atom. The second-order valence-electron chi connectivity index (χ2n) is 5.32. The van der Waals surface area contributed by atoms with Crippen molar-refractivity contribution in [2.45, 2.75) is 38.8 Å². The minimum absolute atomic E-state index is 0.0463. The molecule has 0 aliphatic carbocycles. The standard InChI is InChI=1S/C12H22N2O4/c1-9(2)13-10(15)4-5-14-7-12(3,8-14)18-6-11(16)17/h9H,4-8H2,1-3H3,(H,13,15)(H,16,17). The molecule has 6 heteroatoms. The third-order valence-corrected chi connectivity index (χ3v) is 2.77. The maximum Gasteiger partial charge on any atom is 0.329 e. The number of amides is 1. The maximum atomic E-state index is 11.4. The van der Waals surface area contributed by atoms with Crippen LogP contribution in [0.4, 0.5) is 0 Å². The Morgan fingerprint density at radius 3 is 2.56 bits per heavy atom. The summed E-state index contributed by atoms with van der Waals surface area (Å²) in [7, 11) is 0. The Balaban J connectivity index is 2.14. The number of hydrogen-bond acceptors (Lipinski definition) is 4. The van der Waals surface area contributed by atoms with E-state index in [9.17, 15) is 9.59 Å². The fourth-order valence-electron chi connectivity index (χ4n) is 2.04. The van der Waals surface area contributed by atoms with Crippen molar-refractivity contribution >= 4 is 11.9 Å². The van der Waals surface area contributed by atoms with E-state index in [1.165, 1.54) is 0 Å². The van der Waals surface area contributed by atoms with Crippen molar-refractivity contribution in [3.63, 3.8) is 0 Å². The van der Waals surface area contributed by atoms with Gasteiger partial charge in [0.05, 0.1) is 5.60 Å². The summed E-state index contributed by atoms with van der Waals surface area (Å²) in [6.45, 7) is 7.52. The van der Waals surface area contributed by atoms with Gasteiger partial charge < -0.3 is 15.2 Å². The molecule has 2 N–H and O–H groups in total. The number of carbonyl (C=O) groups is 2. The number of carboxylic acids is 1. The molecule has 0 aromatic heterocycles. The molecule has 18 heavy (non-hydrogen) atoms. The molecule has 0 aromatic rings. The van der Waals surface area contributed by atoms with Crippen molar-refractivity contribution in [1.82, 2.24) is 10.2 Å². The van der Waals surface area contributed by atoms with Crippen LogP contribution < -0.4 is 5.32 Å². The average molecular weight is 258 g/mol. The van der Waals surface area contributed by atoms with Gasteiger partial charge in [-0.1, -0.05) is 0 Å². The number of nitrogens with one attached hydrogen (secondary N) is 1. The molecule has 1 fully saturated rings. The Hall–Kier alpha value is -1.14. The average Bonchev–Trinajstić information content (AvgIpc) is 2.19. The zero-order valence-electron chi connectivity index (χ0n) is 11.2. The van der Waals surface area contributed by atoms with E-state index in [1.807, 2.05) is 20.8 Å². The summed E-state index contributed by atoms with van der Waals surface area (Å²) < 4.78 is 5.29. The Morgan fingerprint density at radius 1 is 1.44 bits per heavy atom. The summed E-state index contributed by atoms with van der Waals surface area (Å²) in [5, 5.41) is 11.4. The molecule has 1 rings (SSSR count). The van der Waals surface area contributed by atoms with Gasteiger partial charge in [0.15, 0.2) is 0 Å². The van der Waals surface area contributed by atoms with Gasteiger partial charge in [-0.05, 0) is 20.8 Å². The number of rotatable bonds is 7. The van der Waals surface area contributed by atoms with Crippen LogP contribution >= 0.6 is 0 Å². The summed E-state index contributed by atoms with van der Waals surface area (Å²) in [5.74, 6) is -0.906. The molecule has 0 radical (unpaired) electrons. The minimum atomic E-state index is -0.953. The zero-order valence-corrected chi connectivity index (χ0v) is 11.2. The van der Waals surface area contributed by atoms with Crippen LogP contribution in [0.5, 0.6) is 0 Å². The van der Waals surface area contributed by atoms with Crippen LogP contribution in [0.1, 0.15) is 27.2 Å². The van der Waals surface area contributed by atoms with Crippen LogP contribution in [0, 0.1) is 0 Å². The van der Waals surface area contributed by atoms with Gasteiger partial charge in [-0.25, -0.2) is 4.79 Å². The molecule has 1 heterocycles. The van der Waals surface area contributed by atoms with Crippen LogP contribution in [0.25, 0.3) is 0 Å². The minimum Gasteiger partial charge on any atom is -0.480 e. The number of carbonyl (C=O) groups excluding carboxylic acids is 1. The van der Waals surface area contributed by atoms with Gasteiger partial charge in [-0.2, -0.15) is 0 Å². The van der Waals surface area contributed by atoms with Gasteiger partial charge >= 0.3 is 5.97 Å². The number of ether oxygens (including phenoxy) is 1. The molecule has 0 unspecified atom stereocenters. The predicted molar refractivity (Wildman–Crippen MR) is 66.3 cm³/mol. The second kappa shape index (κ2) is 6.15. The number of hydrogen-bond donors (Lipinski definition) is 2. The van der Waals surface area contributed by atoms with Crippen LogP contribution in [0.15, 0.2) is 0 Å². The molecule has 1 aliphatic rings. The van der Waals surface area contributed by atoms with E-state index >= 15 is 0 Å². The van der Waals surface area contributed by atoms with E-state index in [1.54, 1.807) is 0 Å². The topological polar surface area (TPSA) is 78.9 Å². The van der Waals surface area contributed by atoms with Gasteiger partial charge in [0.1, 0.15) is 6.61 Å². The largest absolute Gasteiger partial charge is 0.480 e. The molecule has 104 valence electrons. The number of likely N-dealkylation sites (tertiary alicyclic amines) is 1. The van der Waals surface area contributed by atoms with Gasteiger partial charge in [0.25, 0.3) is 0 Å². The van der Waals surface area contributed by atoms with Gasteiger partial charge in [0.2, 0.25) is 5.91 Å². The van der Waals surface area contributed by atoms with Crippen LogP contribution in [0.3, 0.4) is 0 Å². The summed E-state index contributed by atoms with van der Waals surface area (Å²) in [6, 6.07) is 0.165. The molecule has 1 saturated heterocycles. The highest BCUT2D eigenvalue weighted by Gasteiger charge is 2.39. The lowest BCUT2D eigenvalue weighted by molar-refractivity contribution is -0.164. The molecule has 0 saturated carbocycles. The Bertz CT molecular complexity index is 311. The van der Waals surface area contributed by atoms with E-state index in [0.29, 0.717) is 26.1 Å². The fourth-order valence-corrected chi connectivity index (χ4v) is 2.04. The molecule has 6 nitrogen and oxygen atoms in total. The maximum absolute atomic E-state index is 11.4. The highest BCUT2D eigenvalue weighted by atomic mass is 16.5. The first-order valence-corrected chi connectivity index (χ1v) is 6.18. The molecular formula is C12H22N2O4. The van der Waals surface area contributed by atoms with E-state index < -0.39 is 5.97 Å². The summed E-state index contributed by atoms with van der Waals surface area (Å²) >= 11 is 0. The van der Waals surface area contributed by atoms with Crippen molar-refractivity contribution in [2.24, 2.45) is 0 Å². The smallest absolute Gasteiger partial charge is 0.329 e. The van der Waals surface area contributed by atoms with Crippen molar-refractivity contribution in [3.05, 3.63) is 0 Å². The van der Waals surface area contributed by atoms with Crippen LogP contribution in [0.2, 0.25) is 0 Å². The number of aliphatic carboxylic acids is 1. The molecule has 1 aliphatic heterocycles. The molecule has 0 atom stereocenters. The van der Waals surface area contributed by atoms with Crippen molar-refractivity contribution < 1.29 is 19.4 Å². The third kappa shape index (κ3) is 5.01. The van der Waals surface area contributed by atoms with Gasteiger partial charge in [-0.15, -0.1) is 0 Å². The lowest BCUT2D eigenvalue weighted by Crippen LogP contribution is -2.62. The predicted octanol–water partition coefficient (Wildman–Crippen LogP) is 0.0766. The van der Waals surface area contributed by atoms with E-state index in [0.717, 1.165) is 0 Å². The van der Waals surface area contributed by atoms with Gasteiger partial charge in [0, 0.05) is 32.1 Å². The first-order chi connectivity index (χ1) is 8.31. The van der Waals surface area contributed by atoms with E-state index in [-0.39, 0.29) is 24.2 Å². The SMILES string of the molecule is CC(C)NC(=O)CCN1CC(C)(OCC(=O)O)C1. The number of nitrogens with zero attached hydrogens (tertiary/aromatic N) is 1. The lowest BCUT2D eigenvalue weighted by atomic mass is 9.96. The first kappa shape index (κ1) is 14.9. The molecule has 0 spiro atoms. The number of carboxylic acid groups (broad SMARTS) is 1. The Kier molecular flexibility index (Phi) is 5.10. The molecule has 0 aromatic carbocycles. The molecule has 1 amide bonds. The fraction of sp³-hybridized carbons (Fsp3) is 0.833. The Labute approximate surface area is 107 Å². The van der Waals surface area contributed by atoms with Crippen LogP contribution in [-0.2, 0) is 14.3 Å². The van der Waals surface area contributed by atoms with Crippen molar-refractivity contribution in [1.29, 1.82) is 0 Å². The third-order valence-electron chi connectivity index (χ3n) is 2.77. The molecular weight excluding hydrogens is 236 g/mol. The summed E-state index contributed by atoms with van der Waals surface area (Å²) in [4.78, 5) is 23.9. The van der Waals surface area contributed by atoms with E-state index in [4.69, 9.17) is 9.84 Å². The normalized spacial score (nSPS) is 18.4. The lowest BCUT2D eigenvalue weighted by Gasteiger charge is -2.47. The quantitative estimate of drug-likeness (QED) is 0.676. The highest BCUT2D eigenvalue weighted by molar-refractivity contribution is 5.76. The first-order valence-electron chi connectivity index (χ1n) is 6.18. The highest BCUT2D eigenvalue weighted by Crippen LogP contribution is 2.24. The second-order valence-corrected chi connectivity index (χ2v) is 5.32. The van der Waals surface area contributed by atoms with Crippen molar-refractivity contribution in [2.75, 3.05) is 26.2 Å². The zero-order chi connectivity index (χ0) is 13.8. The molecule has 0 bridgehead atoms. The van der Waals surface area contributed by atoms with Crippen LogP contribution in [-0.4, -0.2) is 59.8 Å². The summed E-state index contributed by atoms with van der Waals surface area (Å²) in [5.41, 5.74) is -0.382. The van der Waals surface area contributed by atoms with Crippen molar-refractivity contribution in [3.8, 4) is 0 Å².